The highest BCUT2D eigenvalue weighted by Gasteiger charge is 2.62. The Kier molecular flexibility index (Phi) is 12.3. The normalized spacial score (nSPS) is 23.3. The van der Waals surface area contributed by atoms with Crippen LogP contribution in [0, 0.1) is 17.3 Å². The molecule has 4 heterocycles. The minimum Gasteiger partial charge on any atom is -0.453 e. The van der Waals surface area contributed by atoms with E-state index in [1.807, 2.05) is 52.0 Å². The van der Waals surface area contributed by atoms with Crippen LogP contribution >= 0.6 is 0 Å². The number of H-pyrrole nitrogens is 2. The maximum Gasteiger partial charge on any atom is 0.407 e. The van der Waals surface area contributed by atoms with E-state index in [4.69, 9.17) is 19.4 Å². The largest absolute Gasteiger partial charge is 0.453 e. The first kappa shape index (κ1) is 44.1. The number of hydrogen-bond acceptors (Lipinski definition) is 8. The molecule has 8 rings (SSSR count). The van der Waals surface area contributed by atoms with Crippen LogP contribution in [0.1, 0.15) is 138 Å². The van der Waals surface area contributed by atoms with Crippen LogP contribution < -0.4 is 10.6 Å². The van der Waals surface area contributed by atoms with Gasteiger partial charge in [-0.15, -0.1) is 0 Å². The molecule has 16 heteroatoms. The van der Waals surface area contributed by atoms with Gasteiger partial charge in [0.1, 0.15) is 23.7 Å². The van der Waals surface area contributed by atoms with Crippen molar-refractivity contribution in [1.29, 1.82) is 0 Å². The molecule has 0 bridgehead atoms. The predicted molar refractivity (Wildman–Crippen MR) is 231 cm³/mol. The summed E-state index contributed by atoms with van der Waals surface area (Å²) < 4.78 is 43.9. The van der Waals surface area contributed by atoms with Crippen LogP contribution in [-0.4, -0.2) is 93.1 Å². The second kappa shape index (κ2) is 17.6. The Hall–Kier alpha value is -5.54. The van der Waals surface area contributed by atoms with Gasteiger partial charge in [-0.1, -0.05) is 70.9 Å². The zero-order chi connectivity index (χ0) is 44.8. The van der Waals surface area contributed by atoms with Crippen LogP contribution in [0.25, 0.3) is 16.8 Å². The molecule has 2 saturated heterocycles. The zero-order valence-electron chi connectivity index (χ0n) is 37.1. The Labute approximate surface area is 367 Å². The molecule has 14 nitrogen and oxygen atoms in total. The second-order valence-corrected chi connectivity index (χ2v) is 18.6. The quantitative estimate of drug-likeness (QED) is 0.149. The molecule has 4 amide bonds. The van der Waals surface area contributed by atoms with Gasteiger partial charge in [-0.05, 0) is 79.9 Å². The number of alkyl halides is 2. The van der Waals surface area contributed by atoms with E-state index >= 15 is 8.78 Å². The first-order chi connectivity index (χ1) is 30.2. The molecule has 3 aromatic rings. The number of likely N-dealkylation sites (tertiary alicyclic amines) is 2. The van der Waals surface area contributed by atoms with E-state index in [1.165, 1.54) is 14.2 Å². The molecule has 5 aliphatic rings. The number of nitrogens with zero attached hydrogens (tertiary/aromatic N) is 4. The van der Waals surface area contributed by atoms with E-state index < -0.39 is 35.6 Å². The van der Waals surface area contributed by atoms with Crippen molar-refractivity contribution in [3.63, 3.8) is 0 Å². The van der Waals surface area contributed by atoms with Crippen molar-refractivity contribution in [2.75, 3.05) is 27.3 Å². The summed E-state index contributed by atoms with van der Waals surface area (Å²) in [5.74, 6) is -2.78. The molecule has 3 fully saturated rings. The summed E-state index contributed by atoms with van der Waals surface area (Å²) >= 11 is 0. The van der Waals surface area contributed by atoms with Crippen molar-refractivity contribution in [2.24, 2.45) is 17.3 Å². The van der Waals surface area contributed by atoms with E-state index in [9.17, 15) is 19.2 Å². The number of hydrogen-bond donors (Lipinski definition) is 4. The molecule has 338 valence electrons. The maximum absolute atomic E-state index is 17.2. The minimum atomic E-state index is -3.03. The molecule has 2 aliphatic heterocycles. The van der Waals surface area contributed by atoms with Gasteiger partial charge in [0.2, 0.25) is 11.8 Å². The van der Waals surface area contributed by atoms with Crippen molar-refractivity contribution in [3.05, 3.63) is 76.8 Å². The summed E-state index contributed by atoms with van der Waals surface area (Å²) in [4.78, 5) is 71.5. The molecule has 5 atom stereocenters. The molecular formula is C47H60F2N8O6. The maximum atomic E-state index is 17.2. The van der Waals surface area contributed by atoms with Crippen LogP contribution in [0.5, 0.6) is 0 Å². The third-order valence-corrected chi connectivity index (χ3v) is 14.2. The number of allylic oxidation sites excluding steroid dienone is 4. The summed E-state index contributed by atoms with van der Waals surface area (Å²) in [6.45, 7) is 8.55. The van der Waals surface area contributed by atoms with Crippen LogP contribution in [0.4, 0.5) is 18.4 Å². The third kappa shape index (κ3) is 8.02. The monoisotopic (exact) mass is 870 g/mol. The molecule has 1 unspecified atom stereocenters. The first-order valence-electron chi connectivity index (χ1n) is 22.5. The van der Waals surface area contributed by atoms with Crippen LogP contribution in [0.3, 0.4) is 0 Å². The molecule has 2 aromatic heterocycles. The number of amides is 4. The molecule has 3 aliphatic carbocycles. The first-order valence-corrected chi connectivity index (χ1v) is 22.5. The summed E-state index contributed by atoms with van der Waals surface area (Å²) in [5.41, 5.74) is 3.31. The van der Waals surface area contributed by atoms with E-state index in [2.05, 4.69) is 26.7 Å². The number of rotatable bonds is 11. The van der Waals surface area contributed by atoms with Gasteiger partial charge in [0.05, 0.1) is 50.1 Å². The number of benzene rings is 1. The van der Waals surface area contributed by atoms with Crippen molar-refractivity contribution >= 4 is 29.6 Å². The minimum absolute atomic E-state index is 0.132. The number of imidazole rings is 2. The summed E-state index contributed by atoms with van der Waals surface area (Å²) in [5, 5.41) is 5.37. The number of methoxy groups -OCH3 is 2. The van der Waals surface area contributed by atoms with Gasteiger partial charge < -0.3 is 39.9 Å². The number of fused-ring (bicyclic) bond motifs is 1. The second-order valence-electron chi connectivity index (χ2n) is 18.6. The molecule has 1 spiro atoms. The lowest BCUT2D eigenvalue weighted by Gasteiger charge is -2.32. The lowest BCUT2D eigenvalue weighted by molar-refractivity contribution is -0.136. The molecular weight excluding hydrogens is 811 g/mol. The van der Waals surface area contributed by atoms with Crippen LogP contribution in [-0.2, 0) is 31.4 Å². The highest BCUT2D eigenvalue weighted by Crippen LogP contribution is 2.64. The highest BCUT2D eigenvalue weighted by atomic mass is 19.3. The number of carbonyl (C=O) groups excluding carboxylic acids is 4. The Bertz CT molecular complexity index is 2290. The zero-order valence-corrected chi connectivity index (χ0v) is 37.1. The Morgan fingerprint density at radius 3 is 1.84 bits per heavy atom. The number of halogens is 2. The van der Waals surface area contributed by atoms with Gasteiger partial charge in [0.15, 0.2) is 0 Å². The molecule has 1 aromatic carbocycles. The van der Waals surface area contributed by atoms with Gasteiger partial charge in [0, 0.05) is 35.5 Å². The Morgan fingerprint density at radius 1 is 0.794 bits per heavy atom. The fourth-order valence-electron chi connectivity index (χ4n) is 10.8. The number of nitrogens with one attached hydrogen (secondary N) is 4. The van der Waals surface area contributed by atoms with Gasteiger partial charge in [0.25, 0.3) is 5.92 Å². The topological polar surface area (TPSA) is 175 Å². The molecule has 4 N–H and O–H groups in total. The smallest absolute Gasteiger partial charge is 0.407 e. The predicted octanol–water partition coefficient (Wildman–Crippen LogP) is 8.22. The Morgan fingerprint density at radius 2 is 1.33 bits per heavy atom. The van der Waals surface area contributed by atoms with Crippen molar-refractivity contribution in [1.82, 2.24) is 40.4 Å². The van der Waals surface area contributed by atoms with E-state index in [1.54, 1.807) is 22.2 Å². The average molecular weight is 871 g/mol. The van der Waals surface area contributed by atoms with Gasteiger partial charge >= 0.3 is 12.2 Å². The summed E-state index contributed by atoms with van der Waals surface area (Å²) in [6.07, 6.45) is 14.4. The summed E-state index contributed by atoms with van der Waals surface area (Å²) in [7, 11) is 2.54. The number of carbonyl (C=O) groups is 4. The fourth-order valence-corrected chi connectivity index (χ4v) is 10.8. The van der Waals surface area contributed by atoms with Crippen molar-refractivity contribution in [3.8, 4) is 11.3 Å². The van der Waals surface area contributed by atoms with Gasteiger partial charge in [-0.25, -0.2) is 28.3 Å². The third-order valence-electron chi connectivity index (χ3n) is 14.2. The number of aromatic nitrogens is 4. The van der Waals surface area contributed by atoms with Crippen molar-refractivity contribution < 1.29 is 37.4 Å². The molecule has 1 saturated carbocycles. The standard InChI is InChI=1S/C47H60F2N8O6/c1-26(2)38(54-44(60)62-5)42(58)56-21-9-11-35(56)40-50-24-33(52-40)29-15-13-28(14-16-29)30-17-18-31(32-23-46(19-7-8-20-46)47(48,49)37(30)32)34-25-51-41(53-34)36-12-10-22-57(36)43(59)39(27(3)4)55-45(61)63-6/h13,15-18,24-28,35-36,38-39H,7-12,14,19-23H2,1-6H3,(H,50,52)(H,51,53)(H,54,60)(H,55,61)/t28?,35-,36-,38-,39-/m0/s1. The van der Waals surface area contributed by atoms with E-state index in [0.717, 1.165) is 43.4 Å². The average Bonchev–Trinajstić information content (AvgIpc) is 4.13. The highest BCUT2D eigenvalue weighted by molar-refractivity contribution is 5.87. The molecule has 63 heavy (non-hydrogen) atoms. The lowest BCUT2D eigenvalue weighted by atomic mass is 9.78. The van der Waals surface area contributed by atoms with Crippen LogP contribution in [0.15, 0.2) is 42.8 Å². The van der Waals surface area contributed by atoms with Gasteiger partial charge in [-0.2, -0.15) is 0 Å². The van der Waals surface area contributed by atoms with Crippen LogP contribution in [0.2, 0.25) is 0 Å². The van der Waals surface area contributed by atoms with E-state index in [-0.39, 0.29) is 53.6 Å². The van der Waals surface area contributed by atoms with Crippen molar-refractivity contribution in [2.45, 2.75) is 128 Å². The molecule has 0 radical (unpaired) electrons. The number of ether oxygens (including phenoxy) is 2. The number of alkyl carbamates (subject to hydrolysis) is 2. The lowest BCUT2D eigenvalue weighted by Crippen LogP contribution is -2.51. The fraction of sp³-hybridized carbons (Fsp3) is 0.574. The van der Waals surface area contributed by atoms with Gasteiger partial charge in [-0.3, -0.25) is 9.59 Å². The van der Waals surface area contributed by atoms with E-state index in [0.29, 0.717) is 72.8 Å². The Balaban J connectivity index is 1.03. The SMILES string of the molecule is COC(=O)N[C@H](C(=O)N1CCC[C@H]1c1ncc(C2=CCC(c3ccc(-c4cnc([C@@H]5CCCN5C(=O)[C@@H](NC(=O)OC)C(C)C)[nH]4)c4c3C(F)(F)C3(CCCC3)C4)C=C2)[nH]1)C(C)C. The number of aromatic amines is 2. The summed E-state index contributed by atoms with van der Waals surface area (Å²) in [6, 6.07) is 1.67.